The minimum absolute atomic E-state index is 0.259. The zero-order chi connectivity index (χ0) is 14.7. The molecule has 4 heteroatoms. The lowest BCUT2D eigenvalue weighted by Gasteiger charge is -2.31. The van der Waals surface area contributed by atoms with Gasteiger partial charge in [0.15, 0.2) is 0 Å². The Balaban J connectivity index is 2.28. The summed E-state index contributed by atoms with van der Waals surface area (Å²) in [5, 5.41) is 6.43. The van der Waals surface area contributed by atoms with Crippen molar-refractivity contribution >= 4 is 6.09 Å². The van der Waals surface area contributed by atoms with Crippen molar-refractivity contribution in [2.24, 2.45) is 5.41 Å². The molecule has 1 fully saturated rings. The van der Waals surface area contributed by atoms with Gasteiger partial charge in [-0.3, -0.25) is 0 Å². The topological polar surface area (TPSA) is 50.4 Å². The summed E-state index contributed by atoms with van der Waals surface area (Å²) in [5.74, 6) is 0. The van der Waals surface area contributed by atoms with Gasteiger partial charge in [0, 0.05) is 18.6 Å². The Morgan fingerprint density at radius 1 is 1.42 bits per heavy atom. The van der Waals surface area contributed by atoms with Crippen LogP contribution in [0.4, 0.5) is 4.79 Å². The number of hydrogen-bond acceptors (Lipinski definition) is 3. The second-order valence-corrected chi connectivity index (χ2v) is 7.38. The molecule has 19 heavy (non-hydrogen) atoms. The number of rotatable bonds is 4. The van der Waals surface area contributed by atoms with E-state index >= 15 is 0 Å². The van der Waals surface area contributed by atoms with Crippen molar-refractivity contribution in [3.63, 3.8) is 0 Å². The third-order valence-electron chi connectivity index (χ3n) is 3.69. The summed E-state index contributed by atoms with van der Waals surface area (Å²) in [6.45, 7) is 12.9. The number of hydrogen-bond donors (Lipinski definition) is 2. The summed E-state index contributed by atoms with van der Waals surface area (Å²) in [5.41, 5.74) is -0.0750. The molecule has 0 aromatic carbocycles. The molecule has 1 amide bonds. The second kappa shape index (κ2) is 6.12. The first-order valence-electron chi connectivity index (χ1n) is 7.33. The first-order valence-corrected chi connectivity index (χ1v) is 7.33. The largest absolute Gasteiger partial charge is 0.444 e. The van der Waals surface area contributed by atoms with Gasteiger partial charge in [-0.2, -0.15) is 0 Å². The Labute approximate surface area is 117 Å². The Hall–Kier alpha value is -0.770. The van der Waals surface area contributed by atoms with Crippen LogP contribution in [0.5, 0.6) is 0 Å². The molecular weight excluding hydrogens is 240 g/mol. The zero-order valence-electron chi connectivity index (χ0n) is 13.3. The van der Waals surface area contributed by atoms with E-state index in [0.717, 1.165) is 0 Å². The van der Waals surface area contributed by atoms with Crippen LogP contribution in [0.25, 0.3) is 0 Å². The summed E-state index contributed by atoms with van der Waals surface area (Å²) in [7, 11) is 0. The molecule has 0 aromatic heterocycles. The fourth-order valence-corrected chi connectivity index (χ4v) is 2.59. The Morgan fingerprint density at radius 2 is 2.05 bits per heavy atom. The van der Waals surface area contributed by atoms with Crippen molar-refractivity contribution in [2.45, 2.75) is 78.5 Å². The molecule has 2 unspecified atom stereocenters. The van der Waals surface area contributed by atoms with Crippen LogP contribution in [0.1, 0.15) is 60.8 Å². The maximum Gasteiger partial charge on any atom is 0.407 e. The third kappa shape index (κ3) is 5.81. The van der Waals surface area contributed by atoms with Crippen molar-refractivity contribution < 1.29 is 9.53 Å². The van der Waals surface area contributed by atoms with Crippen LogP contribution in [-0.2, 0) is 4.74 Å². The number of alkyl carbamates (subject to hydrolysis) is 1. The maximum atomic E-state index is 11.6. The summed E-state index contributed by atoms with van der Waals surface area (Å²) in [6.07, 6.45) is 3.45. The highest BCUT2D eigenvalue weighted by Gasteiger charge is 2.34. The minimum atomic E-state index is -0.436. The average Bonchev–Trinajstić information content (AvgIpc) is 2.53. The van der Waals surface area contributed by atoms with E-state index in [2.05, 4.69) is 31.4 Å². The van der Waals surface area contributed by atoms with Gasteiger partial charge in [-0.1, -0.05) is 20.3 Å². The van der Waals surface area contributed by atoms with Crippen molar-refractivity contribution in [2.75, 3.05) is 6.54 Å². The minimum Gasteiger partial charge on any atom is -0.444 e. The molecule has 0 bridgehead atoms. The van der Waals surface area contributed by atoms with E-state index in [1.54, 1.807) is 0 Å². The van der Waals surface area contributed by atoms with E-state index in [4.69, 9.17) is 4.74 Å². The summed E-state index contributed by atoms with van der Waals surface area (Å²) >= 11 is 0. The van der Waals surface area contributed by atoms with E-state index < -0.39 is 5.60 Å². The summed E-state index contributed by atoms with van der Waals surface area (Å²) < 4.78 is 5.22. The number of amides is 1. The number of carbonyl (C=O) groups is 1. The normalized spacial score (nSPS) is 24.0. The van der Waals surface area contributed by atoms with Gasteiger partial charge in [0.2, 0.25) is 0 Å². The molecule has 1 aliphatic carbocycles. The van der Waals surface area contributed by atoms with Crippen LogP contribution in [0, 0.1) is 5.41 Å². The highest BCUT2D eigenvalue weighted by Crippen LogP contribution is 2.37. The monoisotopic (exact) mass is 270 g/mol. The lowest BCUT2D eigenvalue weighted by Crippen LogP contribution is -2.48. The third-order valence-corrected chi connectivity index (χ3v) is 3.69. The van der Waals surface area contributed by atoms with Crippen molar-refractivity contribution in [1.82, 2.24) is 10.6 Å². The van der Waals surface area contributed by atoms with E-state index in [1.165, 1.54) is 19.3 Å². The first kappa shape index (κ1) is 16.3. The van der Waals surface area contributed by atoms with Crippen LogP contribution in [0.3, 0.4) is 0 Å². The summed E-state index contributed by atoms with van der Waals surface area (Å²) in [4.78, 5) is 11.6. The molecule has 1 aliphatic rings. The quantitative estimate of drug-likeness (QED) is 0.825. The van der Waals surface area contributed by atoms with Gasteiger partial charge >= 0.3 is 6.09 Å². The van der Waals surface area contributed by atoms with Gasteiger partial charge in [0.25, 0.3) is 0 Å². The maximum absolute atomic E-state index is 11.6. The molecule has 2 N–H and O–H groups in total. The van der Waals surface area contributed by atoms with Crippen LogP contribution in [0.15, 0.2) is 0 Å². The lowest BCUT2D eigenvalue weighted by atomic mass is 9.87. The molecule has 112 valence electrons. The van der Waals surface area contributed by atoms with Crippen LogP contribution < -0.4 is 10.6 Å². The molecule has 1 saturated carbocycles. The standard InChI is InChI=1S/C15H30N2O2/c1-11(10-16-13(18)19-14(2,3)4)17-12-8-7-9-15(12,5)6/h11-12,17H,7-10H2,1-6H3,(H,16,18). The van der Waals surface area contributed by atoms with E-state index in [-0.39, 0.29) is 12.1 Å². The number of ether oxygens (including phenoxy) is 1. The number of nitrogens with one attached hydrogen (secondary N) is 2. The fraction of sp³-hybridized carbons (Fsp3) is 0.933. The number of carbonyl (C=O) groups excluding carboxylic acids is 1. The van der Waals surface area contributed by atoms with E-state index in [1.807, 2.05) is 20.8 Å². The molecule has 1 rings (SSSR count). The predicted octanol–water partition coefficient (Wildman–Crippen LogP) is 3.07. The SMILES string of the molecule is CC(CNC(=O)OC(C)(C)C)NC1CCCC1(C)C. The van der Waals surface area contributed by atoms with E-state index in [0.29, 0.717) is 18.0 Å². The van der Waals surface area contributed by atoms with E-state index in [9.17, 15) is 4.79 Å². The Kier molecular flexibility index (Phi) is 5.25. The van der Waals surface area contributed by atoms with Gasteiger partial charge in [-0.25, -0.2) is 4.79 Å². The molecular formula is C15H30N2O2. The fourth-order valence-electron chi connectivity index (χ4n) is 2.59. The van der Waals surface area contributed by atoms with Gasteiger partial charge in [-0.05, 0) is 46.0 Å². The highest BCUT2D eigenvalue weighted by molar-refractivity contribution is 5.67. The molecule has 0 radical (unpaired) electrons. The van der Waals surface area contributed by atoms with Crippen LogP contribution in [0.2, 0.25) is 0 Å². The average molecular weight is 270 g/mol. The molecule has 0 aliphatic heterocycles. The molecule has 0 spiro atoms. The molecule has 4 nitrogen and oxygen atoms in total. The smallest absolute Gasteiger partial charge is 0.407 e. The molecule has 2 atom stereocenters. The lowest BCUT2D eigenvalue weighted by molar-refractivity contribution is 0.0521. The highest BCUT2D eigenvalue weighted by atomic mass is 16.6. The molecule has 0 aromatic rings. The summed E-state index contributed by atoms with van der Waals surface area (Å²) in [6, 6.07) is 0.804. The predicted molar refractivity (Wildman–Crippen MR) is 78.3 cm³/mol. The molecule has 0 heterocycles. The van der Waals surface area contributed by atoms with Crippen LogP contribution >= 0.6 is 0 Å². The van der Waals surface area contributed by atoms with Crippen LogP contribution in [-0.4, -0.2) is 30.3 Å². The second-order valence-electron chi connectivity index (χ2n) is 7.38. The Bertz CT molecular complexity index is 308. The van der Waals surface area contributed by atoms with Gasteiger partial charge < -0.3 is 15.4 Å². The van der Waals surface area contributed by atoms with Crippen molar-refractivity contribution in [1.29, 1.82) is 0 Å². The van der Waals surface area contributed by atoms with Crippen molar-refractivity contribution in [3.05, 3.63) is 0 Å². The van der Waals surface area contributed by atoms with Crippen molar-refractivity contribution in [3.8, 4) is 0 Å². The van der Waals surface area contributed by atoms with Gasteiger partial charge in [0.05, 0.1) is 0 Å². The van der Waals surface area contributed by atoms with Gasteiger partial charge in [0.1, 0.15) is 5.60 Å². The Morgan fingerprint density at radius 3 is 2.53 bits per heavy atom. The first-order chi connectivity index (χ1) is 8.60. The zero-order valence-corrected chi connectivity index (χ0v) is 13.3. The van der Waals surface area contributed by atoms with Gasteiger partial charge in [-0.15, -0.1) is 0 Å². The molecule has 0 saturated heterocycles.